The fraction of sp³-hybridized carbons (Fsp3) is 0. The van der Waals surface area contributed by atoms with Crippen LogP contribution in [0.1, 0.15) is 10.4 Å². The van der Waals surface area contributed by atoms with Gasteiger partial charge in [-0.15, -0.1) is 5.10 Å². The van der Waals surface area contributed by atoms with Gasteiger partial charge in [-0.2, -0.15) is 4.52 Å². The minimum absolute atomic E-state index is 0.0461. The lowest BCUT2D eigenvalue weighted by atomic mass is 10.3. The Kier molecular flexibility index (Phi) is 1.63. The van der Waals surface area contributed by atoms with Crippen LogP contribution in [0.15, 0.2) is 12.3 Å². The van der Waals surface area contributed by atoms with Gasteiger partial charge in [-0.05, 0) is 16.5 Å². The van der Waals surface area contributed by atoms with Crippen molar-refractivity contribution < 1.29 is 9.90 Å². The molecule has 0 atom stereocenters. The Morgan fingerprint density at radius 3 is 3.08 bits per heavy atom. The number of carboxylic acid groups (broad SMARTS) is 1. The molecule has 2 heterocycles. The number of tetrazole rings is 1. The molecule has 2 aromatic heterocycles. The van der Waals surface area contributed by atoms with E-state index in [2.05, 4.69) is 15.5 Å². The van der Waals surface area contributed by atoms with Crippen LogP contribution >= 0.6 is 11.6 Å². The number of hydrogen-bond donors (Lipinski definition) is 1. The van der Waals surface area contributed by atoms with Crippen molar-refractivity contribution in [2.75, 3.05) is 0 Å². The number of aromatic carboxylic acids is 1. The standard InChI is InChI=1S/C6H3ClN4O2/c7-4-1-3(6(12)13)2-11-5(4)8-9-10-11/h1-2H,(H,12,13). The average molecular weight is 199 g/mol. The van der Waals surface area contributed by atoms with Crippen LogP contribution in [0.3, 0.4) is 0 Å². The normalized spacial score (nSPS) is 10.5. The number of rotatable bonds is 1. The third kappa shape index (κ3) is 1.20. The highest BCUT2D eigenvalue weighted by Gasteiger charge is 2.09. The van der Waals surface area contributed by atoms with E-state index in [1.54, 1.807) is 0 Å². The molecule has 0 radical (unpaired) electrons. The predicted molar refractivity (Wildman–Crippen MR) is 42.8 cm³/mol. The summed E-state index contributed by atoms with van der Waals surface area (Å²) < 4.78 is 1.21. The van der Waals surface area contributed by atoms with Crippen molar-refractivity contribution in [1.82, 2.24) is 20.0 Å². The van der Waals surface area contributed by atoms with Gasteiger partial charge in [-0.3, -0.25) is 0 Å². The number of hydrogen-bond acceptors (Lipinski definition) is 4. The summed E-state index contributed by atoms with van der Waals surface area (Å²) in [5, 5.41) is 19.4. The summed E-state index contributed by atoms with van der Waals surface area (Å²) >= 11 is 5.72. The highest BCUT2D eigenvalue weighted by Crippen LogP contribution is 2.15. The molecule has 6 nitrogen and oxygen atoms in total. The van der Waals surface area contributed by atoms with Crippen LogP contribution in [0.25, 0.3) is 5.65 Å². The van der Waals surface area contributed by atoms with Gasteiger partial charge in [0, 0.05) is 6.20 Å². The summed E-state index contributed by atoms with van der Waals surface area (Å²) in [6.07, 6.45) is 1.30. The van der Waals surface area contributed by atoms with Gasteiger partial charge in [0.05, 0.1) is 10.6 Å². The van der Waals surface area contributed by atoms with Crippen molar-refractivity contribution in [1.29, 1.82) is 0 Å². The lowest BCUT2D eigenvalue weighted by Crippen LogP contribution is -2.00. The molecule has 0 aliphatic heterocycles. The molecular formula is C6H3ClN4O2. The number of pyridine rings is 1. The molecule has 0 spiro atoms. The summed E-state index contributed by atoms with van der Waals surface area (Å²) in [5.74, 6) is -1.07. The molecule has 0 bridgehead atoms. The van der Waals surface area contributed by atoms with Crippen LogP contribution < -0.4 is 0 Å². The quantitative estimate of drug-likeness (QED) is 0.721. The molecule has 0 saturated carbocycles. The Morgan fingerprint density at radius 1 is 1.62 bits per heavy atom. The fourth-order valence-electron chi connectivity index (χ4n) is 0.925. The maximum atomic E-state index is 10.6. The van der Waals surface area contributed by atoms with Crippen LogP contribution in [0.4, 0.5) is 0 Å². The van der Waals surface area contributed by atoms with Gasteiger partial charge in [0.2, 0.25) is 0 Å². The second kappa shape index (κ2) is 2.67. The molecule has 2 aromatic rings. The van der Waals surface area contributed by atoms with Crippen molar-refractivity contribution in [3.05, 3.63) is 22.8 Å². The van der Waals surface area contributed by atoms with Gasteiger partial charge >= 0.3 is 5.97 Å². The average Bonchev–Trinajstić information content (AvgIpc) is 2.51. The zero-order chi connectivity index (χ0) is 9.42. The third-order valence-electron chi connectivity index (χ3n) is 1.50. The maximum absolute atomic E-state index is 10.6. The highest BCUT2D eigenvalue weighted by atomic mass is 35.5. The largest absolute Gasteiger partial charge is 0.478 e. The van der Waals surface area contributed by atoms with Crippen LogP contribution in [-0.4, -0.2) is 31.1 Å². The lowest BCUT2D eigenvalue weighted by Gasteiger charge is -1.96. The lowest BCUT2D eigenvalue weighted by molar-refractivity contribution is 0.0696. The Morgan fingerprint density at radius 2 is 2.38 bits per heavy atom. The number of aromatic nitrogens is 4. The molecule has 7 heteroatoms. The Balaban J connectivity index is 2.77. The van der Waals surface area contributed by atoms with Crippen molar-refractivity contribution in [2.24, 2.45) is 0 Å². The number of nitrogens with zero attached hydrogens (tertiary/aromatic N) is 4. The summed E-state index contributed by atoms with van der Waals surface area (Å²) in [4.78, 5) is 10.6. The van der Waals surface area contributed by atoms with E-state index in [0.717, 1.165) is 0 Å². The van der Waals surface area contributed by atoms with Crippen LogP contribution in [0.2, 0.25) is 5.02 Å². The summed E-state index contributed by atoms with van der Waals surface area (Å²) in [6, 6.07) is 1.30. The maximum Gasteiger partial charge on any atom is 0.337 e. The van der Waals surface area contributed by atoms with E-state index in [9.17, 15) is 4.79 Å². The van der Waals surface area contributed by atoms with Gasteiger partial charge in [-0.1, -0.05) is 11.6 Å². The first-order valence-corrected chi connectivity index (χ1v) is 3.67. The van der Waals surface area contributed by atoms with Crippen LogP contribution in [0.5, 0.6) is 0 Å². The number of fused-ring (bicyclic) bond motifs is 1. The van der Waals surface area contributed by atoms with Gasteiger partial charge in [-0.25, -0.2) is 4.79 Å². The first kappa shape index (κ1) is 7.93. The third-order valence-corrected chi connectivity index (χ3v) is 1.78. The van der Waals surface area contributed by atoms with Gasteiger partial charge < -0.3 is 5.11 Å². The zero-order valence-corrected chi connectivity index (χ0v) is 6.93. The number of carbonyl (C=O) groups is 1. The predicted octanol–water partition coefficient (Wildman–Crippen LogP) is 0.476. The van der Waals surface area contributed by atoms with Crippen LogP contribution in [-0.2, 0) is 0 Å². The molecule has 0 aliphatic rings. The topological polar surface area (TPSA) is 80.4 Å². The second-order valence-corrected chi connectivity index (χ2v) is 2.74. The molecule has 0 aromatic carbocycles. The summed E-state index contributed by atoms with van der Waals surface area (Å²) in [7, 11) is 0. The van der Waals surface area contributed by atoms with Crippen molar-refractivity contribution >= 4 is 23.2 Å². The molecule has 1 N–H and O–H groups in total. The van der Waals surface area contributed by atoms with Crippen LogP contribution in [0, 0.1) is 0 Å². The summed E-state index contributed by atoms with van der Waals surface area (Å²) in [6.45, 7) is 0. The molecule has 2 rings (SSSR count). The fourth-order valence-corrected chi connectivity index (χ4v) is 1.17. The van der Waals surface area contributed by atoms with Gasteiger partial charge in [0.1, 0.15) is 0 Å². The van der Waals surface area contributed by atoms with E-state index in [1.165, 1.54) is 16.8 Å². The van der Waals surface area contributed by atoms with E-state index >= 15 is 0 Å². The highest BCUT2D eigenvalue weighted by molar-refractivity contribution is 6.33. The SMILES string of the molecule is O=C(O)c1cc(Cl)c2nnnn2c1. The minimum Gasteiger partial charge on any atom is -0.478 e. The Labute approximate surface area is 76.7 Å². The van der Waals surface area contributed by atoms with E-state index in [0.29, 0.717) is 5.65 Å². The van der Waals surface area contributed by atoms with Crippen molar-refractivity contribution in [3.8, 4) is 0 Å². The van der Waals surface area contributed by atoms with Gasteiger partial charge in [0.15, 0.2) is 5.65 Å². The van der Waals surface area contributed by atoms with Crippen molar-refractivity contribution in [2.45, 2.75) is 0 Å². The minimum atomic E-state index is -1.07. The molecular weight excluding hydrogens is 196 g/mol. The van der Waals surface area contributed by atoms with E-state index in [1.807, 2.05) is 0 Å². The zero-order valence-electron chi connectivity index (χ0n) is 6.18. The van der Waals surface area contributed by atoms with Gasteiger partial charge in [0.25, 0.3) is 0 Å². The molecule has 0 saturated heterocycles. The van der Waals surface area contributed by atoms with E-state index < -0.39 is 5.97 Å². The number of halogens is 1. The molecule has 0 aliphatic carbocycles. The Hall–Kier alpha value is -1.69. The first-order chi connectivity index (χ1) is 6.18. The molecule has 0 amide bonds. The van der Waals surface area contributed by atoms with E-state index in [4.69, 9.17) is 16.7 Å². The first-order valence-electron chi connectivity index (χ1n) is 3.29. The smallest absolute Gasteiger partial charge is 0.337 e. The second-order valence-electron chi connectivity index (χ2n) is 2.33. The molecule has 66 valence electrons. The van der Waals surface area contributed by atoms with Crippen molar-refractivity contribution in [3.63, 3.8) is 0 Å². The molecule has 0 fully saturated rings. The monoisotopic (exact) mass is 198 g/mol. The molecule has 13 heavy (non-hydrogen) atoms. The number of carboxylic acids is 1. The van der Waals surface area contributed by atoms with E-state index in [-0.39, 0.29) is 10.6 Å². The Bertz CT molecular complexity index is 480. The summed E-state index contributed by atoms with van der Waals surface area (Å²) in [5.41, 5.74) is 0.386. The molecule has 0 unspecified atom stereocenters.